The number of amides is 1. The Hall–Kier alpha value is -2.49. The molecule has 2 aromatic carbocycles. The first-order valence-corrected chi connectivity index (χ1v) is 8.87. The molecule has 0 aromatic heterocycles. The number of hydrogen-bond acceptors (Lipinski definition) is 3. The van der Waals surface area contributed by atoms with Crippen molar-refractivity contribution in [2.45, 2.75) is 39.5 Å². The maximum atomic E-state index is 12.0. The van der Waals surface area contributed by atoms with Crippen LogP contribution in [0.3, 0.4) is 0 Å². The average Bonchev–Trinajstić information content (AvgIpc) is 2.65. The zero-order chi connectivity index (χ0) is 18.1. The number of hydrogen-bond donors (Lipinski definition) is 1. The molecule has 4 nitrogen and oxygen atoms in total. The number of benzene rings is 2. The van der Waals surface area contributed by atoms with Gasteiger partial charge in [0.05, 0.1) is 6.61 Å². The van der Waals surface area contributed by atoms with Crippen molar-refractivity contribution in [2.24, 2.45) is 0 Å². The highest BCUT2D eigenvalue weighted by atomic mass is 16.5. The summed E-state index contributed by atoms with van der Waals surface area (Å²) in [6.07, 6.45) is 2.07. The fraction of sp³-hybridized carbons (Fsp3) is 0.381. The van der Waals surface area contributed by atoms with Crippen molar-refractivity contribution in [2.75, 3.05) is 18.5 Å². The van der Waals surface area contributed by atoms with Crippen molar-refractivity contribution in [3.8, 4) is 11.5 Å². The number of anilines is 1. The molecule has 25 heavy (non-hydrogen) atoms. The second kappa shape index (κ2) is 9.72. The molecule has 1 amide bonds. The molecule has 2 aromatic rings. The first-order chi connectivity index (χ1) is 12.1. The monoisotopic (exact) mass is 341 g/mol. The summed E-state index contributed by atoms with van der Waals surface area (Å²) in [6.45, 7) is 7.10. The highest BCUT2D eigenvalue weighted by molar-refractivity contribution is 5.91. The minimum Gasteiger partial charge on any atom is -0.494 e. The number of nitrogens with one attached hydrogen (secondary N) is 1. The number of carbonyl (C=O) groups excluding carboxylic acids is 1. The van der Waals surface area contributed by atoms with E-state index in [0.717, 1.165) is 24.3 Å². The molecule has 0 heterocycles. The summed E-state index contributed by atoms with van der Waals surface area (Å²) in [4.78, 5) is 12.0. The van der Waals surface area contributed by atoms with Gasteiger partial charge < -0.3 is 14.8 Å². The lowest BCUT2D eigenvalue weighted by atomic mass is 9.99. The van der Waals surface area contributed by atoms with Crippen molar-refractivity contribution < 1.29 is 14.3 Å². The van der Waals surface area contributed by atoms with Crippen LogP contribution in [0.15, 0.2) is 48.5 Å². The van der Waals surface area contributed by atoms with Crippen LogP contribution in [0.1, 0.15) is 45.1 Å². The van der Waals surface area contributed by atoms with Crippen LogP contribution in [0.2, 0.25) is 0 Å². The standard InChI is InChI=1S/C21H27NO3/c1-4-14-24-19-12-8-18(9-13-19)22-21(23)15-25-20-10-6-17(7-11-20)16(3)5-2/h6-13,16H,4-5,14-15H2,1-3H3,(H,22,23)/t16-/m0/s1. The van der Waals surface area contributed by atoms with Crippen LogP contribution in [-0.2, 0) is 4.79 Å². The molecule has 134 valence electrons. The Morgan fingerprint density at radius 1 is 0.960 bits per heavy atom. The molecule has 1 N–H and O–H groups in total. The van der Waals surface area contributed by atoms with Gasteiger partial charge in [-0.15, -0.1) is 0 Å². The summed E-state index contributed by atoms with van der Waals surface area (Å²) >= 11 is 0. The van der Waals surface area contributed by atoms with E-state index in [9.17, 15) is 4.79 Å². The normalized spacial score (nSPS) is 11.6. The molecule has 0 bridgehead atoms. The molecule has 1 atom stereocenters. The van der Waals surface area contributed by atoms with Gasteiger partial charge in [-0.3, -0.25) is 4.79 Å². The van der Waals surface area contributed by atoms with E-state index in [1.165, 1.54) is 5.56 Å². The molecule has 2 rings (SSSR count). The van der Waals surface area contributed by atoms with E-state index in [1.54, 1.807) is 0 Å². The highest BCUT2D eigenvalue weighted by Gasteiger charge is 2.06. The Kier molecular flexibility index (Phi) is 7.33. The molecule has 0 saturated carbocycles. The summed E-state index contributed by atoms with van der Waals surface area (Å²) in [6, 6.07) is 15.3. The van der Waals surface area contributed by atoms with E-state index in [1.807, 2.05) is 36.4 Å². The molecule has 0 radical (unpaired) electrons. The second-order valence-electron chi connectivity index (χ2n) is 6.09. The van der Waals surface area contributed by atoms with Gasteiger partial charge in [-0.2, -0.15) is 0 Å². The quantitative estimate of drug-likeness (QED) is 0.698. The first kappa shape index (κ1) is 18.8. The van der Waals surface area contributed by atoms with Gasteiger partial charge in [0.1, 0.15) is 11.5 Å². The van der Waals surface area contributed by atoms with Crippen LogP contribution in [-0.4, -0.2) is 19.1 Å². The topological polar surface area (TPSA) is 47.6 Å². The van der Waals surface area contributed by atoms with Crippen LogP contribution < -0.4 is 14.8 Å². The number of carbonyl (C=O) groups is 1. The summed E-state index contributed by atoms with van der Waals surface area (Å²) < 4.78 is 11.1. The Balaban J connectivity index is 1.80. The molecular formula is C21H27NO3. The molecule has 0 aliphatic carbocycles. The third-order valence-electron chi connectivity index (χ3n) is 4.04. The zero-order valence-electron chi connectivity index (χ0n) is 15.2. The van der Waals surface area contributed by atoms with Crippen molar-refractivity contribution >= 4 is 11.6 Å². The van der Waals surface area contributed by atoms with Crippen molar-refractivity contribution in [3.63, 3.8) is 0 Å². The molecule has 0 aliphatic heterocycles. The SMILES string of the molecule is CCCOc1ccc(NC(=O)COc2ccc([C@@H](C)CC)cc2)cc1. The molecule has 0 fully saturated rings. The van der Waals surface area contributed by atoms with E-state index in [-0.39, 0.29) is 12.5 Å². The Morgan fingerprint density at radius 2 is 1.56 bits per heavy atom. The average molecular weight is 341 g/mol. The maximum absolute atomic E-state index is 12.0. The van der Waals surface area contributed by atoms with Crippen LogP contribution in [0.4, 0.5) is 5.69 Å². The predicted octanol–water partition coefficient (Wildman–Crippen LogP) is 5.01. The fourth-order valence-electron chi connectivity index (χ4n) is 2.33. The van der Waals surface area contributed by atoms with Crippen molar-refractivity contribution in [1.29, 1.82) is 0 Å². The molecule has 0 aliphatic rings. The molecule has 0 saturated heterocycles. The van der Waals surface area contributed by atoms with Gasteiger partial charge >= 0.3 is 0 Å². The van der Waals surface area contributed by atoms with Crippen LogP contribution in [0, 0.1) is 0 Å². The van der Waals surface area contributed by atoms with Crippen molar-refractivity contribution in [3.05, 3.63) is 54.1 Å². The van der Waals surface area contributed by atoms with Gasteiger partial charge in [-0.25, -0.2) is 0 Å². The lowest BCUT2D eigenvalue weighted by Crippen LogP contribution is -2.20. The van der Waals surface area contributed by atoms with E-state index in [2.05, 4.69) is 38.2 Å². The second-order valence-corrected chi connectivity index (χ2v) is 6.09. The van der Waals surface area contributed by atoms with E-state index in [0.29, 0.717) is 18.3 Å². The van der Waals surface area contributed by atoms with E-state index in [4.69, 9.17) is 9.47 Å². The summed E-state index contributed by atoms with van der Waals surface area (Å²) in [5, 5.41) is 2.81. The predicted molar refractivity (Wildman–Crippen MR) is 102 cm³/mol. The lowest BCUT2D eigenvalue weighted by Gasteiger charge is -2.11. The van der Waals surface area contributed by atoms with Crippen molar-refractivity contribution in [1.82, 2.24) is 0 Å². The maximum Gasteiger partial charge on any atom is 0.262 e. The highest BCUT2D eigenvalue weighted by Crippen LogP contribution is 2.21. The van der Waals surface area contributed by atoms with Gasteiger partial charge in [0, 0.05) is 5.69 Å². The first-order valence-electron chi connectivity index (χ1n) is 8.87. The lowest BCUT2D eigenvalue weighted by molar-refractivity contribution is -0.118. The third kappa shape index (κ3) is 6.14. The van der Waals surface area contributed by atoms with E-state index >= 15 is 0 Å². The minimum atomic E-state index is -0.187. The third-order valence-corrected chi connectivity index (χ3v) is 4.04. The largest absolute Gasteiger partial charge is 0.494 e. The molecule has 0 unspecified atom stereocenters. The van der Waals surface area contributed by atoms with Crippen LogP contribution >= 0.6 is 0 Å². The van der Waals surface area contributed by atoms with Gasteiger partial charge in [0.25, 0.3) is 5.91 Å². The van der Waals surface area contributed by atoms with Gasteiger partial charge in [0.15, 0.2) is 6.61 Å². The van der Waals surface area contributed by atoms with Gasteiger partial charge in [-0.05, 0) is 60.7 Å². The van der Waals surface area contributed by atoms with E-state index < -0.39 is 0 Å². The Morgan fingerprint density at radius 3 is 2.16 bits per heavy atom. The smallest absolute Gasteiger partial charge is 0.262 e. The summed E-state index contributed by atoms with van der Waals surface area (Å²) in [5.41, 5.74) is 2.01. The summed E-state index contributed by atoms with van der Waals surface area (Å²) in [7, 11) is 0. The zero-order valence-corrected chi connectivity index (χ0v) is 15.2. The minimum absolute atomic E-state index is 0.0171. The van der Waals surface area contributed by atoms with Crippen LogP contribution in [0.5, 0.6) is 11.5 Å². The molecule has 4 heteroatoms. The van der Waals surface area contributed by atoms with Crippen LogP contribution in [0.25, 0.3) is 0 Å². The van der Waals surface area contributed by atoms with Gasteiger partial charge in [-0.1, -0.05) is 32.9 Å². The number of ether oxygens (including phenoxy) is 2. The molecular weight excluding hydrogens is 314 g/mol. The molecule has 0 spiro atoms. The Labute approximate surface area is 150 Å². The summed E-state index contributed by atoms with van der Waals surface area (Å²) in [5.74, 6) is 1.85. The fourth-order valence-corrected chi connectivity index (χ4v) is 2.33. The number of rotatable bonds is 9. The Bertz CT molecular complexity index is 650. The van der Waals surface area contributed by atoms with Gasteiger partial charge in [0.2, 0.25) is 0 Å².